The van der Waals surface area contributed by atoms with Gasteiger partial charge in [0.15, 0.2) is 0 Å². The van der Waals surface area contributed by atoms with Gasteiger partial charge in [-0.05, 0) is 40.6 Å². The van der Waals surface area contributed by atoms with Gasteiger partial charge in [0.05, 0.1) is 6.33 Å². The molecular weight excluding hydrogens is 258 g/mol. The van der Waals surface area contributed by atoms with Gasteiger partial charge in [0.25, 0.3) is 5.56 Å². The van der Waals surface area contributed by atoms with Crippen molar-refractivity contribution in [3.8, 4) is 0 Å². The largest absolute Gasteiger partial charge is 0.369 e. The molecule has 15 heavy (non-hydrogen) atoms. The van der Waals surface area contributed by atoms with Crippen LogP contribution in [0.2, 0.25) is 0 Å². The van der Waals surface area contributed by atoms with Crippen LogP contribution in [0, 0.1) is 11.8 Å². The summed E-state index contributed by atoms with van der Waals surface area (Å²) < 4.78 is 0.480. The highest BCUT2D eigenvalue weighted by molar-refractivity contribution is 9.10. The molecule has 1 heterocycles. The summed E-state index contributed by atoms with van der Waals surface area (Å²) in [5, 5.41) is 3.20. The fourth-order valence-electron chi connectivity index (χ4n) is 1.60. The fraction of sp³-hybridized carbons (Fsp3) is 0.600. The molecule has 0 spiro atoms. The molecule has 4 nitrogen and oxygen atoms in total. The minimum Gasteiger partial charge on any atom is -0.369 e. The molecule has 1 aromatic rings. The Labute approximate surface area is 96.6 Å². The van der Waals surface area contributed by atoms with Crippen LogP contribution in [-0.2, 0) is 0 Å². The van der Waals surface area contributed by atoms with Crippen molar-refractivity contribution >= 4 is 21.7 Å². The maximum Gasteiger partial charge on any atom is 0.267 e. The summed E-state index contributed by atoms with van der Waals surface area (Å²) >= 11 is 3.21. The molecule has 1 aromatic heterocycles. The lowest BCUT2D eigenvalue weighted by atomic mass is 10.1. The van der Waals surface area contributed by atoms with Crippen molar-refractivity contribution in [2.45, 2.75) is 19.8 Å². The monoisotopic (exact) mass is 271 g/mol. The number of nitrogens with zero attached hydrogens (tertiary/aromatic N) is 1. The van der Waals surface area contributed by atoms with Crippen molar-refractivity contribution in [3.63, 3.8) is 0 Å². The third-order valence-corrected chi connectivity index (χ3v) is 3.55. The number of aromatic nitrogens is 2. The van der Waals surface area contributed by atoms with Crippen LogP contribution >= 0.6 is 15.9 Å². The molecule has 0 bridgehead atoms. The molecule has 0 radical (unpaired) electrons. The third kappa shape index (κ3) is 2.59. The minimum absolute atomic E-state index is 0.147. The van der Waals surface area contributed by atoms with E-state index in [-0.39, 0.29) is 5.56 Å². The Hall–Kier alpha value is -0.840. The lowest BCUT2D eigenvalue weighted by molar-refractivity contribution is 0.535. The molecule has 1 aliphatic carbocycles. The number of H-pyrrole nitrogens is 1. The molecule has 0 aromatic carbocycles. The molecule has 1 fully saturated rings. The molecule has 2 N–H and O–H groups in total. The Morgan fingerprint density at radius 1 is 1.73 bits per heavy atom. The molecule has 0 saturated heterocycles. The standard InChI is InChI=1S/C10H14BrN3O/c1-6(7-2-3-7)4-12-9-8(11)10(15)14-5-13-9/h5-7H,2-4H2,1H3,(H2,12,13,14,15). The molecule has 1 saturated carbocycles. The van der Waals surface area contributed by atoms with Crippen molar-refractivity contribution in [3.05, 3.63) is 21.2 Å². The van der Waals surface area contributed by atoms with E-state index in [0.717, 1.165) is 12.5 Å². The Kier molecular flexibility index (Phi) is 3.09. The first-order valence-corrected chi connectivity index (χ1v) is 5.95. The van der Waals surface area contributed by atoms with Gasteiger partial charge >= 0.3 is 0 Å². The predicted octanol–water partition coefficient (Wildman–Crippen LogP) is 1.99. The number of hydrogen-bond donors (Lipinski definition) is 2. The zero-order valence-corrected chi connectivity index (χ0v) is 10.2. The number of hydrogen-bond acceptors (Lipinski definition) is 3. The predicted molar refractivity (Wildman–Crippen MR) is 62.9 cm³/mol. The molecule has 5 heteroatoms. The average molecular weight is 272 g/mol. The van der Waals surface area contributed by atoms with Crippen LogP contribution in [0.15, 0.2) is 15.6 Å². The van der Waals surface area contributed by atoms with E-state index in [1.807, 2.05) is 0 Å². The van der Waals surface area contributed by atoms with Gasteiger partial charge in [-0.2, -0.15) is 0 Å². The van der Waals surface area contributed by atoms with Crippen molar-refractivity contribution < 1.29 is 0 Å². The maximum atomic E-state index is 11.2. The highest BCUT2D eigenvalue weighted by Gasteiger charge is 2.27. The summed E-state index contributed by atoms with van der Waals surface area (Å²) in [6.07, 6.45) is 4.09. The van der Waals surface area contributed by atoms with Gasteiger partial charge in [0.1, 0.15) is 10.3 Å². The first-order valence-electron chi connectivity index (χ1n) is 5.15. The summed E-state index contributed by atoms with van der Waals surface area (Å²) in [6, 6.07) is 0. The van der Waals surface area contributed by atoms with E-state index < -0.39 is 0 Å². The zero-order chi connectivity index (χ0) is 10.8. The number of halogens is 1. The van der Waals surface area contributed by atoms with Crippen LogP contribution in [0.5, 0.6) is 0 Å². The van der Waals surface area contributed by atoms with Gasteiger partial charge in [-0.1, -0.05) is 6.92 Å². The molecule has 0 amide bonds. The van der Waals surface area contributed by atoms with Gasteiger partial charge in [-0.25, -0.2) is 4.98 Å². The fourth-order valence-corrected chi connectivity index (χ4v) is 1.95. The van der Waals surface area contributed by atoms with E-state index >= 15 is 0 Å². The third-order valence-electron chi connectivity index (χ3n) is 2.81. The number of rotatable bonds is 4. The normalized spacial score (nSPS) is 17.5. The first kappa shape index (κ1) is 10.7. The number of aromatic amines is 1. The molecule has 1 aliphatic rings. The van der Waals surface area contributed by atoms with Crippen molar-refractivity contribution in [2.24, 2.45) is 11.8 Å². The summed E-state index contributed by atoms with van der Waals surface area (Å²) in [4.78, 5) is 17.8. The van der Waals surface area contributed by atoms with Crippen LogP contribution < -0.4 is 10.9 Å². The lowest BCUT2D eigenvalue weighted by Crippen LogP contribution is -2.17. The van der Waals surface area contributed by atoms with Crippen molar-refractivity contribution in [2.75, 3.05) is 11.9 Å². The van der Waals surface area contributed by atoms with E-state index in [2.05, 4.69) is 38.1 Å². The second-order valence-electron chi connectivity index (χ2n) is 4.09. The van der Waals surface area contributed by atoms with Crippen LogP contribution in [0.25, 0.3) is 0 Å². The van der Waals surface area contributed by atoms with Crippen molar-refractivity contribution in [1.82, 2.24) is 9.97 Å². The molecule has 82 valence electrons. The Balaban J connectivity index is 1.98. The molecule has 1 atom stereocenters. The Morgan fingerprint density at radius 2 is 2.47 bits per heavy atom. The maximum absolute atomic E-state index is 11.2. The quantitative estimate of drug-likeness (QED) is 0.881. The van der Waals surface area contributed by atoms with Gasteiger partial charge < -0.3 is 10.3 Å². The zero-order valence-electron chi connectivity index (χ0n) is 8.59. The van der Waals surface area contributed by atoms with E-state index in [9.17, 15) is 4.79 Å². The number of nitrogens with one attached hydrogen (secondary N) is 2. The summed E-state index contributed by atoms with van der Waals surface area (Å²) in [5.74, 6) is 2.14. The average Bonchev–Trinajstić information content (AvgIpc) is 3.03. The van der Waals surface area contributed by atoms with Gasteiger partial charge in [0, 0.05) is 6.54 Å². The van der Waals surface area contributed by atoms with Crippen LogP contribution in [0.1, 0.15) is 19.8 Å². The second-order valence-corrected chi connectivity index (χ2v) is 4.88. The second kappa shape index (κ2) is 4.35. The van der Waals surface area contributed by atoms with E-state index in [1.165, 1.54) is 19.2 Å². The van der Waals surface area contributed by atoms with E-state index in [4.69, 9.17) is 0 Å². The van der Waals surface area contributed by atoms with Crippen LogP contribution in [0.4, 0.5) is 5.82 Å². The first-order chi connectivity index (χ1) is 7.18. The Morgan fingerprint density at radius 3 is 3.13 bits per heavy atom. The lowest BCUT2D eigenvalue weighted by Gasteiger charge is -2.12. The highest BCUT2D eigenvalue weighted by atomic mass is 79.9. The highest BCUT2D eigenvalue weighted by Crippen LogP contribution is 2.36. The summed E-state index contributed by atoms with van der Waals surface area (Å²) in [7, 11) is 0. The summed E-state index contributed by atoms with van der Waals surface area (Å²) in [6.45, 7) is 3.10. The van der Waals surface area contributed by atoms with Gasteiger partial charge in [-0.15, -0.1) is 0 Å². The van der Waals surface area contributed by atoms with Crippen LogP contribution in [-0.4, -0.2) is 16.5 Å². The van der Waals surface area contributed by atoms with Gasteiger partial charge in [0.2, 0.25) is 0 Å². The molecular formula is C10H14BrN3O. The van der Waals surface area contributed by atoms with Gasteiger partial charge in [-0.3, -0.25) is 4.79 Å². The van der Waals surface area contributed by atoms with Crippen LogP contribution in [0.3, 0.4) is 0 Å². The topological polar surface area (TPSA) is 57.8 Å². The smallest absolute Gasteiger partial charge is 0.267 e. The minimum atomic E-state index is -0.147. The van der Waals surface area contributed by atoms with Crippen molar-refractivity contribution in [1.29, 1.82) is 0 Å². The number of anilines is 1. The molecule has 1 unspecified atom stereocenters. The van der Waals surface area contributed by atoms with E-state index in [1.54, 1.807) is 0 Å². The van der Waals surface area contributed by atoms with E-state index in [0.29, 0.717) is 16.2 Å². The molecule has 0 aliphatic heterocycles. The molecule has 2 rings (SSSR count). The SMILES string of the molecule is CC(CNc1nc[nH]c(=O)c1Br)C1CC1. The Bertz CT molecular complexity index is 400. The summed E-state index contributed by atoms with van der Waals surface area (Å²) in [5.41, 5.74) is -0.147.